The Morgan fingerprint density at radius 1 is 1.07 bits per heavy atom. The molecule has 2 heterocycles. The summed E-state index contributed by atoms with van der Waals surface area (Å²) in [6.45, 7) is 1.75. The second kappa shape index (κ2) is 8.26. The third-order valence-corrected chi connectivity index (χ3v) is 5.19. The number of rotatable bonds is 6. The van der Waals surface area contributed by atoms with E-state index < -0.39 is 5.91 Å². The molecule has 0 aliphatic rings. The van der Waals surface area contributed by atoms with Crippen molar-refractivity contribution < 1.29 is 9.53 Å². The average molecular weight is 441 g/mol. The van der Waals surface area contributed by atoms with Crippen molar-refractivity contribution >= 4 is 46.3 Å². The first kappa shape index (κ1) is 20.1. The first-order valence-electron chi connectivity index (χ1n) is 9.15. The van der Waals surface area contributed by atoms with Crippen molar-refractivity contribution in [2.24, 2.45) is 5.73 Å². The van der Waals surface area contributed by atoms with Crippen LogP contribution in [0.15, 0.2) is 60.7 Å². The number of imidazole rings is 1. The van der Waals surface area contributed by atoms with Crippen LogP contribution < -0.4 is 15.8 Å². The normalized spacial score (nSPS) is 10.9. The van der Waals surface area contributed by atoms with Crippen molar-refractivity contribution in [3.63, 3.8) is 0 Å². The number of primary amides is 1. The van der Waals surface area contributed by atoms with E-state index in [1.807, 2.05) is 47.7 Å². The lowest BCUT2D eigenvalue weighted by Gasteiger charge is -2.14. The highest BCUT2D eigenvalue weighted by Gasteiger charge is 2.20. The molecule has 8 heteroatoms. The van der Waals surface area contributed by atoms with Crippen molar-refractivity contribution in [2.45, 2.75) is 6.92 Å². The summed E-state index contributed by atoms with van der Waals surface area (Å²) in [7, 11) is 0. The minimum Gasteiger partial charge on any atom is -0.483 e. The lowest BCUT2D eigenvalue weighted by molar-refractivity contribution is -0.119. The summed E-state index contributed by atoms with van der Waals surface area (Å²) in [6.07, 6.45) is 0. The fourth-order valence-corrected chi connectivity index (χ4v) is 3.72. The van der Waals surface area contributed by atoms with Crippen LogP contribution in [0, 0.1) is 6.92 Å². The molecule has 1 amide bonds. The van der Waals surface area contributed by atoms with Crippen LogP contribution in [0.25, 0.3) is 16.9 Å². The highest BCUT2D eigenvalue weighted by molar-refractivity contribution is 6.39. The Hall–Kier alpha value is -3.22. The van der Waals surface area contributed by atoms with E-state index in [4.69, 9.17) is 38.7 Å². The van der Waals surface area contributed by atoms with E-state index in [-0.39, 0.29) is 6.61 Å². The Bertz CT molecular complexity index is 1230. The Labute approximate surface area is 183 Å². The molecule has 152 valence electrons. The Kier molecular flexibility index (Phi) is 5.53. The van der Waals surface area contributed by atoms with Gasteiger partial charge in [-0.2, -0.15) is 0 Å². The van der Waals surface area contributed by atoms with Crippen molar-refractivity contribution in [1.29, 1.82) is 0 Å². The largest absolute Gasteiger partial charge is 0.483 e. The molecule has 0 saturated carbocycles. The summed E-state index contributed by atoms with van der Waals surface area (Å²) in [5, 5.41) is 4.32. The SMILES string of the molecule is Cc1cccc2nc(-c3ccccc3OCC(N)=O)c(Nc3c(Cl)cccc3Cl)n12. The molecule has 3 N–H and O–H groups in total. The number of pyridine rings is 1. The summed E-state index contributed by atoms with van der Waals surface area (Å²) in [5.74, 6) is 0.607. The van der Waals surface area contributed by atoms with Crippen molar-refractivity contribution in [3.05, 3.63) is 76.4 Å². The molecule has 0 aliphatic carbocycles. The number of aromatic nitrogens is 2. The number of ether oxygens (including phenoxy) is 1. The average Bonchev–Trinajstić information content (AvgIpc) is 3.09. The molecule has 4 aromatic rings. The quantitative estimate of drug-likeness (QED) is 0.430. The number of anilines is 2. The maximum Gasteiger partial charge on any atom is 0.255 e. The smallest absolute Gasteiger partial charge is 0.255 e. The van der Waals surface area contributed by atoms with Crippen molar-refractivity contribution in [1.82, 2.24) is 9.38 Å². The van der Waals surface area contributed by atoms with Crippen LogP contribution in [0.3, 0.4) is 0 Å². The van der Waals surface area contributed by atoms with Crippen LogP contribution >= 0.6 is 23.2 Å². The zero-order valence-corrected chi connectivity index (χ0v) is 17.5. The van der Waals surface area contributed by atoms with Crippen molar-refractivity contribution in [2.75, 3.05) is 11.9 Å². The molecule has 6 nitrogen and oxygen atoms in total. The molecular formula is C22H18Cl2N4O2. The highest BCUT2D eigenvalue weighted by atomic mass is 35.5. The van der Waals surface area contributed by atoms with Gasteiger partial charge >= 0.3 is 0 Å². The van der Waals surface area contributed by atoms with E-state index in [1.165, 1.54) is 0 Å². The third-order valence-electron chi connectivity index (χ3n) is 4.56. The molecule has 2 aromatic carbocycles. The monoisotopic (exact) mass is 440 g/mol. The number of para-hydroxylation sites is 2. The third kappa shape index (κ3) is 3.79. The molecule has 0 radical (unpaired) electrons. The number of benzene rings is 2. The number of carbonyl (C=O) groups excluding carboxylic acids is 1. The van der Waals surface area contributed by atoms with Gasteiger partial charge in [-0.05, 0) is 43.3 Å². The van der Waals surface area contributed by atoms with Crippen LogP contribution in [0.4, 0.5) is 11.5 Å². The van der Waals surface area contributed by atoms with Gasteiger partial charge in [-0.1, -0.05) is 47.5 Å². The first-order chi connectivity index (χ1) is 14.5. The van der Waals surface area contributed by atoms with E-state index in [9.17, 15) is 4.79 Å². The van der Waals surface area contributed by atoms with Gasteiger partial charge in [0.15, 0.2) is 6.61 Å². The Morgan fingerprint density at radius 2 is 1.77 bits per heavy atom. The number of halogens is 2. The number of nitrogens with one attached hydrogen (secondary N) is 1. The number of nitrogens with two attached hydrogens (primary N) is 1. The van der Waals surface area contributed by atoms with E-state index in [1.54, 1.807) is 24.3 Å². The predicted octanol–water partition coefficient (Wildman–Crippen LogP) is 5.22. The van der Waals surface area contributed by atoms with E-state index in [2.05, 4.69) is 5.32 Å². The molecule has 0 aliphatic heterocycles. The zero-order chi connectivity index (χ0) is 21.3. The van der Waals surface area contributed by atoms with Crippen LogP contribution in [0.2, 0.25) is 10.0 Å². The van der Waals surface area contributed by atoms with Crippen LogP contribution in [-0.4, -0.2) is 21.9 Å². The molecule has 2 aromatic heterocycles. The fourth-order valence-electron chi connectivity index (χ4n) is 3.23. The summed E-state index contributed by atoms with van der Waals surface area (Å²) < 4.78 is 7.60. The zero-order valence-electron chi connectivity index (χ0n) is 16.0. The van der Waals surface area contributed by atoms with Gasteiger partial charge in [-0.25, -0.2) is 4.98 Å². The number of amides is 1. The van der Waals surface area contributed by atoms with E-state index in [0.717, 1.165) is 11.3 Å². The summed E-state index contributed by atoms with van der Waals surface area (Å²) in [4.78, 5) is 16.0. The van der Waals surface area contributed by atoms with Gasteiger partial charge in [0.2, 0.25) is 0 Å². The molecule has 0 saturated heterocycles. The first-order valence-corrected chi connectivity index (χ1v) is 9.91. The van der Waals surface area contributed by atoms with Crippen LogP contribution in [0.1, 0.15) is 5.69 Å². The molecule has 0 bridgehead atoms. The summed E-state index contributed by atoms with van der Waals surface area (Å²) in [5.41, 5.74) is 8.85. The van der Waals surface area contributed by atoms with Gasteiger partial charge in [0, 0.05) is 11.3 Å². The standard InChI is InChI=1S/C22H18Cl2N4O2/c1-13-6-4-11-19-26-20(14-7-2-3-10-17(14)30-12-18(25)29)22(28(13)19)27-21-15(23)8-5-9-16(21)24/h2-11,27H,12H2,1H3,(H2,25,29). The van der Waals surface area contributed by atoms with Crippen LogP contribution in [-0.2, 0) is 4.79 Å². The maximum absolute atomic E-state index is 11.2. The van der Waals surface area contributed by atoms with Crippen LogP contribution in [0.5, 0.6) is 5.75 Å². The topological polar surface area (TPSA) is 81.7 Å². The molecule has 0 unspecified atom stereocenters. The second-order valence-electron chi connectivity index (χ2n) is 6.64. The molecule has 4 rings (SSSR count). The number of hydrogen-bond donors (Lipinski definition) is 2. The number of hydrogen-bond acceptors (Lipinski definition) is 4. The summed E-state index contributed by atoms with van der Waals surface area (Å²) >= 11 is 12.8. The Morgan fingerprint density at radius 3 is 2.50 bits per heavy atom. The van der Waals surface area contributed by atoms with Gasteiger partial charge in [0.25, 0.3) is 5.91 Å². The van der Waals surface area contributed by atoms with Gasteiger partial charge in [-0.15, -0.1) is 0 Å². The van der Waals surface area contributed by atoms with Gasteiger partial charge in [-0.3, -0.25) is 9.20 Å². The molecular weight excluding hydrogens is 423 g/mol. The number of aryl methyl sites for hydroxylation is 1. The number of nitrogens with zero attached hydrogens (tertiary/aromatic N) is 2. The molecule has 0 fully saturated rings. The minimum atomic E-state index is -0.558. The minimum absolute atomic E-state index is 0.234. The molecule has 30 heavy (non-hydrogen) atoms. The number of fused-ring (bicyclic) bond motifs is 1. The number of carbonyl (C=O) groups is 1. The molecule has 0 spiro atoms. The summed E-state index contributed by atoms with van der Waals surface area (Å²) in [6, 6.07) is 18.4. The molecule has 0 atom stereocenters. The fraction of sp³-hybridized carbons (Fsp3) is 0.0909. The predicted molar refractivity (Wildman–Crippen MR) is 120 cm³/mol. The van der Waals surface area contributed by atoms with Gasteiger partial charge < -0.3 is 15.8 Å². The lowest BCUT2D eigenvalue weighted by atomic mass is 10.1. The van der Waals surface area contributed by atoms with Gasteiger partial charge in [0.05, 0.1) is 15.7 Å². The van der Waals surface area contributed by atoms with Crippen molar-refractivity contribution in [3.8, 4) is 17.0 Å². The lowest BCUT2D eigenvalue weighted by Crippen LogP contribution is -2.20. The second-order valence-corrected chi connectivity index (χ2v) is 7.46. The maximum atomic E-state index is 11.2. The van der Waals surface area contributed by atoms with E-state index in [0.29, 0.717) is 38.6 Å². The highest BCUT2D eigenvalue weighted by Crippen LogP contribution is 2.40. The van der Waals surface area contributed by atoms with Gasteiger partial charge in [0.1, 0.15) is 22.9 Å². The Balaban J connectivity index is 1.93. The van der Waals surface area contributed by atoms with E-state index >= 15 is 0 Å².